The molecule has 2 N–H and O–H groups in total. The zero-order valence-electron chi connectivity index (χ0n) is 10.2. The average Bonchev–Trinajstić information content (AvgIpc) is 2.28. The molecular weight excluding hydrogens is 222 g/mol. The van der Waals surface area contributed by atoms with Crippen molar-refractivity contribution >= 4 is 11.9 Å². The SMILES string of the molecule is CC(C)c1nc(N(C)CCO)ncc1C(=O)O. The van der Waals surface area contributed by atoms with Crippen LogP contribution in [0.3, 0.4) is 0 Å². The predicted molar refractivity (Wildman–Crippen MR) is 63.4 cm³/mol. The second-order valence-electron chi connectivity index (χ2n) is 4.07. The second-order valence-corrected chi connectivity index (χ2v) is 4.07. The zero-order chi connectivity index (χ0) is 13.0. The highest BCUT2D eigenvalue weighted by molar-refractivity contribution is 5.88. The van der Waals surface area contributed by atoms with Gasteiger partial charge in [-0.1, -0.05) is 13.8 Å². The molecule has 0 atom stereocenters. The first kappa shape index (κ1) is 13.4. The molecule has 1 aromatic rings. The number of aliphatic hydroxyl groups excluding tert-OH is 1. The highest BCUT2D eigenvalue weighted by Crippen LogP contribution is 2.19. The third kappa shape index (κ3) is 3.13. The molecule has 0 aliphatic heterocycles. The van der Waals surface area contributed by atoms with Gasteiger partial charge in [0.2, 0.25) is 5.95 Å². The molecule has 0 radical (unpaired) electrons. The standard InChI is InChI=1S/C11H17N3O3/c1-7(2)9-8(10(16)17)6-12-11(13-9)14(3)4-5-15/h6-7,15H,4-5H2,1-3H3,(H,16,17). The molecule has 94 valence electrons. The number of aromatic carboxylic acids is 1. The van der Waals surface area contributed by atoms with Crippen molar-refractivity contribution < 1.29 is 15.0 Å². The van der Waals surface area contributed by atoms with Crippen molar-refractivity contribution in [2.45, 2.75) is 19.8 Å². The predicted octanol–water partition coefficient (Wildman–Crippen LogP) is 0.727. The minimum atomic E-state index is -1.02. The van der Waals surface area contributed by atoms with Gasteiger partial charge in [0.05, 0.1) is 17.9 Å². The molecule has 0 aliphatic rings. The Morgan fingerprint density at radius 3 is 2.65 bits per heavy atom. The van der Waals surface area contributed by atoms with Crippen molar-refractivity contribution in [2.75, 3.05) is 25.1 Å². The third-order valence-corrected chi connectivity index (χ3v) is 2.36. The summed E-state index contributed by atoms with van der Waals surface area (Å²) in [5, 5.41) is 17.8. The van der Waals surface area contributed by atoms with Gasteiger partial charge in [0.25, 0.3) is 0 Å². The Kier molecular flexibility index (Phi) is 4.39. The summed E-state index contributed by atoms with van der Waals surface area (Å²) in [6.07, 6.45) is 1.31. The quantitative estimate of drug-likeness (QED) is 0.787. The zero-order valence-corrected chi connectivity index (χ0v) is 10.2. The lowest BCUT2D eigenvalue weighted by atomic mass is 10.1. The van der Waals surface area contributed by atoms with E-state index in [9.17, 15) is 4.79 Å². The summed E-state index contributed by atoms with van der Waals surface area (Å²) >= 11 is 0. The van der Waals surface area contributed by atoms with Crippen molar-refractivity contribution in [1.29, 1.82) is 0 Å². The molecule has 0 amide bonds. The van der Waals surface area contributed by atoms with Crippen LogP contribution in [0.4, 0.5) is 5.95 Å². The highest BCUT2D eigenvalue weighted by atomic mass is 16.4. The van der Waals surface area contributed by atoms with Gasteiger partial charge in [-0.05, 0) is 5.92 Å². The fourth-order valence-electron chi connectivity index (χ4n) is 1.42. The van der Waals surface area contributed by atoms with Crippen LogP contribution in [-0.2, 0) is 0 Å². The van der Waals surface area contributed by atoms with E-state index in [4.69, 9.17) is 10.2 Å². The van der Waals surface area contributed by atoms with Crippen LogP contribution in [0.15, 0.2) is 6.20 Å². The Labute approximate surface area is 99.9 Å². The van der Waals surface area contributed by atoms with E-state index in [1.54, 1.807) is 11.9 Å². The number of carboxylic acid groups (broad SMARTS) is 1. The van der Waals surface area contributed by atoms with E-state index in [0.717, 1.165) is 0 Å². The molecule has 17 heavy (non-hydrogen) atoms. The maximum Gasteiger partial charge on any atom is 0.339 e. The summed E-state index contributed by atoms with van der Waals surface area (Å²) in [6.45, 7) is 4.16. The molecule has 1 heterocycles. The van der Waals surface area contributed by atoms with Gasteiger partial charge in [0.1, 0.15) is 0 Å². The first-order chi connectivity index (χ1) is 7.97. The molecule has 0 bridgehead atoms. The molecule has 0 fully saturated rings. The molecule has 0 aromatic carbocycles. The van der Waals surface area contributed by atoms with Gasteiger partial charge in [0.15, 0.2) is 0 Å². The number of hydrogen-bond donors (Lipinski definition) is 2. The monoisotopic (exact) mass is 239 g/mol. The van der Waals surface area contributed by atoms with Crippen molar-refractivity contribution in [2.24, 2.45) is 0 Å². The molecule has 1 aromatic heterocycles. The van der Waals surface area contributed by atoms with Crippen molar-refractivity contribution in [3.05, 3.63) is 17.5 Å². The van der Waals surface area contributed by atoms with E-state index in [0.29, 0.717) is 18.2 Å². The normalized spacial score (nSPS) is 10.6. The lowest BCUT2D eigenvalue weighted by Gasteiger charge is -2.17. The topological polar surface area (TPSA) is 86.5 Å². The number of carboxylic acids is 1. The Hall–Kier alpha value is -1.69. The Bertz CT molecular complexity index is 407. The van der Waals surface area contributed by atoms with Gasteiger partial charge in [-0.3, -0.25) is 0 Å². The summed E-state index contributed by atoms with van der Waals surface area (Å²) in [5.41, 5.74) is 0.633. The molecule has 0 spiro atoms. The van der Waals surface area contributed by atoms with Crippen LogP contribution in [0.2, 0.25) is 0 Å². The molecule has 0 saturated heterocycles. The van der Waals surface area contributed by atoms with Crippen LogP contribution in [0.1, 0.15) is 35.8 Å². The van der Waals surface area contributed by atoms with Gasteiger partial charge < -0.3 is 15.1 Å². The number of carbonyl (C=O) groups is 1. The van der Waals surface area contributed by atoms with E-state index in [-0.39, 0.29) is 18.1 Å². The summed E-state index contributed by atoms with van der Waals surface area (Å²) in [4.78, 5) is 20.9. The minimum absolute atomic E-state index is 0.00243. The number of likely N-dealkylation sites (N-methyl/N-ethyl adjacent to an activating group) is 1. The van der Waals surface area contributed by atoms with Gasteiger partial charge in [-0.15, -0.1) is 0 Å². The Morgan fingerprint density at radius 2 is 2.18 bits per heavy atom. The van der Waals surface area contributed by atoms with E-state index < -0.39 is 5.97 Å². The first-order valence-corrected chi connectivity index (χ1v) is 5.39. The van der Waals surface area contributed by atoms with Gasteiger partial charge in [-0.2, -0.15) is 0 Å². The van der Waals surface area contributed by atoms with Crippen LogP contribution in [0.25, 0.3) is 0 Å². The highest BCUT2D eigenvalue weighted by Gasteiger charge is 2.17. The Morgan fingerprint density at radius 1 is 1.53 bits per heavy atom. The number of aromatic nitrogens is 2. The van der Waals surface area contributed by atoms with Crippen molar-refractivity contribution in [3.63, 3.8) is 0 Å². The minimum Gasteiger partial charge on any atom is -0.478 e. The van der Waals surface area contributed by atoms with Gasteiger partial charge in [-0.25, -0.2) is 14.8 Å². The fourth-order valence-corrected chi connectivity index (χ4v) is 1.42. The summed E-state index contributed by atoms with van der Waals surface area (Å²) < 4.78 is 0. The second kappa shape index (κ2) is 5.58. The number of hydrogen-bond acceptors (Lipinski definition) is 5. The van der Waals surface area contributed by atoms with E-state index in [1.165, 1.54) is 6.20 Å². The summed E-state index contributed by atoms with van der Waals surface area (Å²) in [7, 11) is 1.75. The van der Waals surface area contributed by atoms with Crippen LogP contribution in [-0.4, -0.2) is 46.3 Å². The molecule has 6 nitrogen and oxygen atoms in total. The average molecular weight is 239 g/mol. The maximum atomic E-state index is 11.0. The van der Waals surface area contributed by atoms with Crippen molar-refractivity contribution in [1.82, 2.24) is 9.97 Å². The molecular formula is C11H17N3O3. The smallest absolute Gasteiger partial charge is 0.339 e. The fraction of sp³-hybridized carbons (Fsp3) is 0.545. The molecule has 0 unspecified atom stereocenters. The summed E-state index contributed by atoms with van der Waals surface area (Å²) in [5.74, 6) is -0.594. The molecule has 0 saturated carbocycles. The van der Waals surface area contributed by atoms with Crippen LogP contribution in [0.5, 0.6) is 0 Å². The number of anilines is 1. The third-order valence-electron chi connectivity index (χ3n) is 2.36. The van der Waals surface area contributed by atoms with Gasteiger partial charge in [0, 0.05) is 19.8 Å². The lowest BCUT2D eigenvalue weighted by Crippen LogP contribution is -2.24. The molecule has 0 aliphatic carbocycles. The lowest BCUT2D eigenvalue weighted by molar-refractivity contribution is 0.0694. The first-order valence-electron chi connectivity index (χ1n) is 5.39. The Balaban J connectivity index is 3.14. The largest absolute Gasteiger partial charge is 0.478 e. The van der Waals surface area contributed by atoms with Crippen molar-refractivity contribution in [3.8, 4) is 0 Å². The van der Waals surface area contributed by atoms with E-state index >= 15 is 0 Å². The summed E-state index contributed by atoms with van der Waals surface area (Å²) in [6, 6.07) is 0. The number of rotatable bonds is 5. The van der Waals surface area contributed by atoms with E-state index in [2.05, 4.69) is 9.97 Å². The maximum absolute atomic E-state index is 11.0. The molecule has 6 heteroatoms. The van der Waals surface area contributed by atoms with Gasteiger partial charge >= 0.3 is 5.97 Å². The molecule has 1 rings (SSSR count). The number of nitrogens with zero attached hydrogens (tertiary/aromatic N) is 3. The van der Waals surface area contributed by atoms with Crippen LogP contribution >= 0.6 is 0 Å². The van der Waals surface area contributed by atoms with Crippen LogP contribution in [0, 0.1) is 0 Å². The number of aliphatic hydroxyl groups is 1. The van der Waals surface area contributed by atoms with Crippen LogP contribution < -0.4 is 4.90 Å². The van der Waals surface area contributed by atoms with E-state index in [1.807, 2.05) is 13.8 Å².